The molecular weight excluding hydrogens is 204 g/mol. The summed E-state index contributed by atoms with van der Waals surface area (Å²) in [6, 6.07) is 0. The van der Waals surface area contributed by atoms with Gasteiger partial charge in [-0.05, 0) is 12.8 Å². The Bertz CT molecular complexity index is 268. The molecular formula is C9H13ClN2S. The zero-order valence-electron chi connectivity index (χ0n) is 7.50. The highest BCUT2D eigenvalue weighted by atomic mass is 35.5. The number of nitrogens with zero attached hydrogens (tertiary/aromatic N) is 2. The van der Waals surface area contributed by atoms with Gasteiger partial charge in [0.1, 0.15) is 10.0 Å². The molecule has 0 aliphatic heterocycles. The van der Waals surface area contributed by atoms with Crippen molar-refractivity contribution in [2.24, 2.45) is 0 Å². The van der Waals surface area contributed by atoms with Crippen LogP contribution in [0.25, 0.3) is 0 Å². The Morgan fingerprint density at radius 1 is 1.23 bits per heavy atom. The van der Waals surface area contributed by atoms with Crippen molar-refractivity contribution in [2.75, 3.05) is 0 Å². The molecule has 0 N–H and O–H groups in total. The lowest BCUT2D eigenvalue weighted by atomic mass is 9.90. The van der Waals surface area contributed by atoms with Crippen molar-refractivity contribution in [1.82, 2.24) is 10.2 Å². The van der Waals surface area contributed by atoms with E-state index in [0.717, 1.165) is 5.01 Å². The van der Waals surface area contributed by atoms with Gasteiger partial charge in [-0.2, -0.15) is 0 Å². The number of rotatable bonds is 2. The van der Waals surface area contributed by atoms with Gasteiger partial charge >= 0.3 is 0 Å². The van der Waals surface area contributed by atoms with Crippen LogP contribution in [0, 0.1) is 0 Å². The van der Waals surface area contributed by atoms with Crippen LogP contribution in [0.1, 0.15) is 48.0 Å². The standard InChI is InChI=1S/C9H13ClN2S/c10-6-8-11-12-9(13-8)7-4-2-1-3-5-7/h7H,1-6H2. The number of hydrogen-bond acceptors (Lipinski definition) is 3. The molecule has 4 heteroatoms. The van der Waals surface area contributed by atoms with Crippen molar-refractivity contribution in [3.8, 4) is 0 Å². The highest BCUT2D eigenvalue weighted by Crippen LogP contribution is 2.34. The van der Waals surface area contributed by atoms with Gasteiger partial charge in [0.05, 0.1) is 5.88 Å². The van der Waals surface area contributed by atoms with Crippen LogP contribution in [-0.2, 0) is 5.88 Å². The first-order chi connectivity index (χ1) is 6.40. The van der Waals surface area contributed by atoms with Crippen LogP contribution >= 0.6 is 22.9 Å². The van der Waals surface area contributed by atoms with Crippen molar-refractivity contribution in [1.29, 1.82) is 0 Å². The Morgan fingerprint density at radius 3 is 2.62 bits per heavy atom. The molecule has 0 bridgehead atoms. The quantitative estimate of drug-likeness (QED) is 0.709. The molecule has 0 spiro atoms. The summed E-state index contributed by atoms with van der Waals surface area (Å²) in [4.78, 5) is 0. The van der Waals surface area contributed by atoms with Gasteiger partial charge in [-0.3, -0.25) is 0 Å². The average molecular weight is 217 g/mol. The minimum Gasteiger partial charge on any atom is -0.143 e. The van der Waals surface area contributed by atoms with Crippen LogP contribution in [0.4, 0.5) is 0 Å². The Labute approximate surface area is 87.3 Å². The SMILES string of the molecule is ClCc1nnc(C2CCCCC2)s1. The number of hydrogen-bond donors (Lipinski definition) is 0. The molecule has 0 saturated heterocycles. The number of alkyl halides is 1. The first-order valence-electron chi connectivity index (χ1n) is 4.78. The van der Waals surface area contributed by atoms with Gasteiger partial charge in [0.15, 0.2) is 0 Å². The highest BCUT2D eigenvalue weighted by molar-refractivity contribution is 7.11. The zero-order chi connectivity index (χ0) is 9.10. The van der Waals surface area contributed by atoms with E-state index in [1.165, 1.54) is 37.1 Å². The monoisotopic (exact) mass is 216 g/mol. The van der Waals surface area contributed by atoms with Crippen molar-refractivity contribution >= 4 is 22.9 Å². The van der Waals surface area contributed by atoms with Crippen molar-refractivity contribution in [2.45, 2.75) is 43.9 Å². The Kier molecular flexibility index (Phi) is 3.17. The summed E-state index contributed by atoms with van der Waals surface area (Å²) in [5.41, 5.74) is 0. The second-order valence-electron chi connectivity index (χ2n) is 3.50. The third-order valence-corrected chi connectivity index (χ3v) is 4.05. The van der Waals surface area contributed by atoms with E-state index in [2.05, 4.69) is 10.2 Å². The van der Waals surface area contributed by atoms with E-state index >= 15 is 0 Å². The van der Waals surface area contributed by atoms with Gasteiger partial charge in [-0.15, -0.1) is 21.8 Å². The summed E-state index contributed by atoms with van der Waals surface area (Å²) < 4.78 is 0. The summed E-state index contributed by atoms with van der Waals surface area (Å²) in [7, 11) is 0. The molecule has 1 aliphatic rings. The van der Waals surface area contributed by atoms with Crippen LogP contribution in [0.15, 0.2) is 0 Å². The van der Waals surface area contributed by atoms with Crippen LogP contribution < -0.4 is 0 Å². The second kappa shape index (κ2) is 4.38. The molecule has 0 amide bonds. The fourth-order valence-electron chi connectivity index (χ4n) is 1.84. The van der Waals surface area contributed by atoms with E-state index in [-0.39, 0.29) is 0 Å². The summed E-state index contributed by atoms with van der Waals surface area (Å²) in [5.74, 6) is 1.17. The van der Waals surface area contributed by atoms with Gasteiger partial charge in [0.25, 0.3) is 0 Å². The van der Waals surface area contributed by atoms with E-state index < -0.39 is 0 Å². The lowest BCUT2D eigenvalue weighted by Gasteiger charge is -2.18. The summed E-state index contributed by atoms with van der Waals surface area (Å²) >= 11 is 7.37. The maximum absolute atomic E-state index is 5.69. The van der Waals surface area contributed by atoms with E-state index in [1.807, 2.05) is 0 Å². The summed E-state index contributed by atoms with van der Waals surface area (Å²) in [6.45, 7) is 0. The number of halogens is 1. The van der Waals surface area contributed by atoms with Crippen LogP contribution in [-0.4, -0.2) is 10.2 Å². The molecule has 1 aromatic rings. The molecule has 0 unspecified atom stereocenters. The largest absolute Gasteiger partial charge is 0.143 e. The maximum Gasteiger partial charge on any atom is 0.132 e. The Hall–Kier alpha value is -0.150. The minimum absolute atomic E-state index is 0.504. The fourth-order valence-corrected chi connectivity index (χ4v) is 2.91. The van der Waals surface area contributed by atoms with Crippen LogP contribution in [0.5, 0.6) is 0 Å². The highest BCUT2D eigenvalue weighted by Gasteiger charge is 2.19. The topological polar surface area (TPSA) is 25.8 Å². The molecule has 1 saturated carbocycles. The zero-order valence-corrected chi connectivity index (χ0v) is 9.07. The second-order valence-corrected chi connectivity index (χ2v) is 4.86. The van der Waals surface area contributed by atoms with Gasteiger partial charge in [-0.1, -0.05) is 30.6 Å². The lowest BCUT2D eigenvalue weighted by molar-refractivity contribution is 0.440. The Morgan fingerprint density at radius 2 is 2.00 bits per heavy atom. The summed E-state index contributed by atoms with van der Waals surface area (Å²) in [5, 5.41) is 10.4. The predicted octanol–water partition coefficient (Wildman–Crippen LogP) is 3.32. The van der Waals surface area contributed by atoms with E-state index in [4.69, 9.17) is 11.6 Å². The lowest BCUT2D eigenvalue weighted by Crippen LogP contribution is -2.03. The molecule has 1 fully saturated rings. The van der Waals surface area contributed by atoms with Crippen LogP contribution in [0.2, 0.25) is 0 Å². The minimum atomic E-state index is 0.504. The molecule has 2 nitrogen and oxygen atoms in total. The first kappa shape index (κ1) is 9.41. The molecule has 0 atom stereocenters. The third kappa shape index (κ3) is 2.20. The summed E-state index contributed by atoms with van der Waals surface area (Å²) in [6.07, 6.45) is 6.66. The smallest absolute Gasteiger partial charge is 0.132 e. The third-order valence-electron chi connectivity index (χ3n) is 2.55. The molecule has 1 aliphatic carbocycles. The van der Waals surface area contributed by atoms with Crippen LogP contribution in [0.3, 0.4) is 0 Å². The van der Waals surface area contributed by atoms with E-state index in [1.54, 1.807) is 11.3 Å². The molecule has 1 aromatic heterocycles. The van der Waals surface area contributed by atoms with Crippen molar-refractivity contribution < 1.29 is 0 Å². The fraction of sp³-hybridized carbons (Fsp3) is 0.778. The molecule has 0 aromatic carbocycles. The van der Waals surface area contributed by atoms with Gasteiger partial charge in [-0.25, -0.2) is 0 Å². The predicted molar refractivity (Wildman–Crippen MR) is 55.3 cm³/mol. The molecule has 1 heterocycles. The first-order valence-corrected chi connectivity index (χ1v) is 6.13. The molecule has 2 rings (SSSR count). The maximum atomic E-state index is 5.69. The van der Waals surface area contributed by atoms with Crippen molar-refractivity contribution in [3.05, 3.63) is 10.0 Å². The van der Waals surface area contributed by atoms with Gasteiger partial charge < -0.3 is 0 Å². The molecule has 72 valence electrons. The van der Waals surface area contributed by atoms with Crippen molar-refractivity contribution in [3.63, 3.8) is 0 Å². The Balaban J connectivity index is 2.05. The van der Waals surface area contributed by atoms with Gasteiger partial charge in [0.2, 0.25) is 0 Å². The number of aromatic nitrogens is 2. The van der Waals surface area contributed by atoms with E-state index in [0.29, 0.717) is 11.8 Å². The molecule has 0 radical (unpaired) electrons. The molecule has 13 heavy (non-hydrogen) atoms. The normalized spacial score (nSPS) is 19.2. The van der Waals surface area contributed by atoms with Gasteiger partial charge in [0, 0.05) is 5.92 Å². The van der Waals surface area contributed by atoms with E-state index in [9.17, 15) is 0 Å². The average Bonchev–Trinajstić information content (AvgIpc) is 2.67.